The highest BCUT2D eigenvalue weighted by molar-refractivity contribution is 7.98. The molecule has 6 nitrogen and oxygen atoms in total. The minimum absolute atomic E-state index is 0.0466. The van der Waals surface area contributed by atoms with Gasteiger partial charge in [-0.2, -0.15) is 0 Å². The molecule has 29 heavy (non-hydrogen) atoms. The molecule has 150 valence electrons. The third kappa shape index (κ3) is 5.71. The third-order valence-corrected chi connectivity index (χ3v) is 5.21. The van der Waals surface area contributed by atoms with Crippen molar-refractivity contribution < 1.29 is 14.1 Å². The van der Waals surface area contributed by atoms with E-state index in [0.29, 0.717) is 22.7 Å². The molecule has 1 aromatic heterocycles. The summed E-state index contributed by atoms with van der Waals surface area (Å²) in [6.07, 6.45) is 0. The number of aryl methyl sites for hydroxylation is 1. The molecule has 7 heteroatoms. The molecule has 0 atom stereocenters. The molecule has 0 bridgehead atoms. The number of rotatable bonds is 7. The number of amides is 2. The van der Waals surface area contributed by atoms with Crippen LogP contribution < -0.4 is 10.6 Å². The molecule has 0 saturated heterocycles. The fourth-order valence-electron chi connectivity index (χ4n) is 2.54. The Labute approximate surface area is 174 Å². The molecule has 0 spiro atoms. The largest absolute Gasteiger partial charge is 0.360 e. The first-order valence-electron chi connectivity index (χ1n) is 9.28. The normalized spacial score (nSPS) is 10.8. The van der Waals surface area contributed by atoms with Crippen molar-refractivity contribution in [3.05, 3.63) is 71.6 Å². The topological polar surface area (TPSA) is 84.2 Å². The zero-order valence-electron chi connectivity index (χ0n) is 16.6. The van der Waals surface area contributed by atoms with E-state index in [2.05, 4.69) is 15.8 Å². The zero-order chi connectivity index (χ0) is 20.8. The summed E-state index contributed by atoms with van der Waals surface area (Å²) in [4.78, 5) is 25.4. The number of thioether (sulfide) groups is 1. The predicted octanol–water partition coefficient (Wildman–Crippen LogP) is 5.12. The number of hydrogen-bond acceptors (Lipinski definition) is 5. The Morgan fingerprint density at radius 3 is 2.31 bits per heavy atom. The minimum Gasteiger partial charge on any atom is -0.360 e. The first-order chi connectivity index (χ1) is 13.9. The monoisotopic (exact) mass is 409 g/mol. The van der Waals surface area contributed by atoms with Crippen LogP contribution in [0.2, 0.25) is 0 Å². The van der Waals surface area contributed by atoms with E-state index in [1.165, 1.54) is 11.8 Å². The van der Waals surface area contributed by atoms with E-state index in [1.807, 2.05) is 45.0 Å². The van der Waals surface area contributed by atoms with Crippen molar-refractivity contribution in [3.8, 4) is 0 Å². The predicted molar refractivity (Wildman–Crippen MR) is 115 cm³/mol. The van der Waals surface area contributed by atoms with Crippen LogP contribution in [0.4, 0.5) is 11.4 Å². The van der Waals surface area contributed by atoms with Gasteiger partial charge in [0.25, 0.3) is 5.91 Å². The van der Waals surface area contributed by atoms with Crippen molar-refractivity contribution >= 4 is 35.0 Å². The maximum absolute atomic E-state index is 12.8. The molecule has 0 aliphatic heterocycles. The van der Waals surface area contributed by atoms with E-state index in [4.69, 9.17) is 4.52 Å². The lowest BCUT2D eigenvalue weighted by Crippen LogP contribution is -2.17. The van der Waals surface area contributed by atoms with Gasteiger partial charge < -0.3 is 15.2 Å². The van der Waals surface area contributed by atoms with Crippen molar-refractivity contribution in [3.63, 3.8) is 0 Å². The van der Waals surface area contributed by atoms with Gasteiger partial charge >= 0.3 is 0 Å². The van der Waals surface area contributed by atoms with Crippen LogP contribution in [0.1, 0.15) is 35.7 Å². The van der Waals surface area contributed by atoms with Gasteiger partial charge in [0, 0.05) is 28.3 Å². The summed E-state index contributed by atoms with van der Waals surface area (Å²) in [5.74, 6) is 1.02. The van der Waals surface area contributed by atoms with Crippen LogP contribution >= 0.6 is 11.8 Å². The summed E-state index contributed by atoms with van der Waals surface area (Å²) in [5, 5.41) is 9.61. The second kappa shape index (κ2) is 9.43. The van der Waals surface area contributed by atoms with E-state index in [-0.39, 0.29) is 17.7 Å². The van der Waals surface area contributed by atoms with Crippen LogP contribution in [0.25, 0.3) is 0 Å². The Bertz CT molecular complexity index is 997. The fourth-order valence-corrected chi connectivity index (χ4v) is 3.46. The van der Waals surface area contributed by atoms with Gasteiger partial charge in [-0.1, -0.05) is 31.1 Å². The van der Waals surface area contributed by atoms with Crippen LogP contribution in [-0.2, 0) is 10.5 Å². The highest BCUT2D eigenvalue weighted by atomic mass is 32.2. The van der Waals surface area contributed by atoms with Gasteiger partial charge in [-0.25, -0.2) is 0 Å². The van der Waals surface area contributed by atoms with Crippen molar-refractivity contribution in [2.45, 2.75) is 31.4 Å². The van der Waals surface area contributed by atoms with Crippen LogP contribution in [0.5, 0.6) is 0 Å². The SMILES string of the molecule is Cc1cc(CSc2ccccc2C(=O)Nc2ccc(NC(=O)C(C)C)cc2)on1. The summed E-state index contributed by atoms with van der Waals surface area (Å²) >= 11 is 1.52. The van der Waals surface area contributed by atoms with Crippen LogP contribution in [0, 0.1) is 12.8 Å². The Hall–Kier alpha value is -3.06. The molecule has 1 heterocycles. The van der Waals surface area contributed by atoms with E-state index in [9.17, 15) is 9.59 Å². The Morgan fingerprint density at radius 2 is 1.69 bits per heavy atom. The first kappa shape index (κ1) is 20.7. The number of anilines is 2. The van der Waals surface area contributed by atoms with Gasteiger partial charge in [-0.05, 0) is 43.3 Å². The van der Waals surface area contributed by atoms with Crippen molar-refractivity contribution in [2.75, 3.05) is 10.6 Å². The number of hydrogen-bond donors (Lipinski definition) is 2. The van der Waals surface area contributed by atoms with Gasteiger partial charge in [0.15, 0.2) is 0 Å². The van der Waals surface area contributed by atoms with Crippen molar-refractivity contribution in [1.29, 1.82) is 0 Å². The zero-order valence-corrected chi connectivity index (χ0v) is 17.4. The average Bonchev–Trinajstić information content (AvgIpc) is 3.13. The van der Waals surface area contributed by atoms with Crippen LogP contribution in [-0.4, -0.2) is 17.0 Å². The quantitative estimate of drug-likeness (QED) is 0.529. The smallest absolute Gasteiger partial charge is 0.256 e. The Morgan fingerprint density at radius 1 is 1.03 bits per heavy atom. The number of carbonyl (C=O) groups excluding carboxylic acids is 2. The van der Waals surface area contributed by atoms with Gasteiger partial charge in [0.1, 0.15) is 5.76 Å². The molecule has 0 aliphatic carbocycles. The molecule has 2 aromatic carbocycles. The highest BCUT2D eigenvalue weighted by Crippen LogP contribution is 2.27. The summed E-state index contributed by atoms with van der Waals surface area (Å²) in [5.41, 5.74) is 2.77. The van der Waals surface area contributed by atoms with E-state index in [0.717, 1.165) is 16.3 Å². The minimum atomic E-state index is -0.194. The highest BCUT2D eigenvalue weighted by Gasteiger charge is 2.13. The number of benzene rings is 2. The molecular weight excluding hydrogens is 386 g/mol. The summed E-state index contributed by atoms with van der Waals surface area (Å²) < 4.78 is 5.23. The fraction of sp³-hybridized carbons (Fsp3) is 0.227. The lowest BCUT2D eigenvalue weighted by Gasteiger charge is -2.11. The molecular formula is C22H23N3O3S. The summed E-state index contributed by atoms with van der Waals surface area (Å²) in [6, 6.07) is 16.4. The maximum Gasteiger partial charge on any atom is 0.256 e. The van der Waals surface area contributed by atoms with Crippen LogP contribution in [0.15, 0.2) is 64.0 Å². The van der Waals surface area contributed by atoms with Crippen molar-refractivity contribution in [2.24, 2.45) is 5.92 Å². The lowest BCUT2D eigenvalue weighted by atomic mass is 10.2. The Kier molecular flexibility index (Phi) is 6.72. The number of aromatic nitrogens is 1. The summed E-state index contributed by atoms with van der Waals surface area (Å²) in [7, 11) is 0. The molecule has 0 fully saturated rings. The number of nitrogens with one attached hydrogen (secondary N) is 2. The average molecular weight is 410 g/mol. The molecule has 3 rings (SSSR count). The van der Waals surface area contributed by atoms with Crippen molar-refractivity contribution in [1.82, 2.24) is 5.16 Å². The van der Waals surface area contributed by atoms with Gasteiger partial charge in [0.2, 0.25) is 5.91 Å². The molecule has 2 amide bonds. The van der Waals surface area contributed by atoms with Gasteiger partial charge in [0.05, 0.1) is 17.0 Å². The number of nitrogens with zero attached hydrogens (tertiary/aromatic N) is 1. The molecule has 2 N–H and O–H groups in total. The molecule has 0 saturated carbocycles. The van der Waals surface area contributed by atoms with Crippen LogP contribution in [0.3, 0.4) is 0 Å². The summed E-state index contributed by atoms with van der Waals surface area (Å²) in [6.45, 7) is 5.55. The second-order valence-electron chi connectivity index (χ2n) is 6.89. The maximum atomic E-state index is 12.8. The van der Waals surface area contributed by atoms with E-state index < -0.39 is 0 Å². The third-order valence-electron chi connectivity index (χ3n) is 4.11. The Balaban J connectivity index is 1.65. The molecule has 3 aromatic rings. The molecule has 0 aliphatic rings. The number of carbonyl (C=O) groups is 2. The first-order valence-corrected chi connectivity index (χ1v) is 10.3. The molecule has 0 unspecified atom stereocenters. The van der Waals surface area contributed by atoms with E-state index in [1.54, 1.807) is 30.3 Å². The van der Waals surface area contributed by atoms with Gasteiger partial charge in [-0.3, -0.25) is 9.59 Å². The standard InChI is InChI=1S/C22H23N3O3S/c1-14(2)21(26)23-16-8-10-17(11-9-16)24-22(27)19-6-4-5-7-20(19)29-13-18-12-15(3)25-28-18/h4-12,14H,13H2,1-3H3,(H,23,26)(H,24,27). The second-order valence-corrected chi connectivity index (χ2v) is 7.91. The lowest BCUT2D eigenvalue weighted by molar-refractivity contribution is -0.118. The van der Waals surface area contributed by atoms with E-state index >= 15 is 0 Å². The molecule has 0 radical (unpaired) electrons. The van der Waals surface area contributed by atoms with Gasteiger partial charge in [-0.15, -0.1) is 11.8 Å².